The van der Waals surface area contributed by atoms with E-state index >= 15 is 0 Å². The smallest absolute Gasteiger partial charge is 0.166 e. The maximum atomic E-state index is 12.0. The summed E-state index contributed by atoms with van der Waals surface area (Å²) >= 11 is 0. The second-order valence-electron chi connectivity index (χ2n) is 7.13. The molecule has 1 fully saturated rings. The molecule has 2 atom stereocenters. The molecule has 2 aromatic carbocycles. The summed E-state index contributed by atoms with van der Waals surface area (Å²) in [5, 5.41) is 19.6. The van der Waals surface area contributed by atoms with Crippen LogP contribution in [-0.4, -0.2) is 54.2 Å². The van der Waals surface area contributed by atoms with Crippen LogP contribution in [0.1, 0.15) is 35.7 Å². The minimum absolute atomic E-state index is 0.0134. The first-order valence-corrected chi connectivity index (χ1v) is 9.92. The van der Waals surface area contributed by atoms with Gasteiger partial charge in [-0.2, -0.15) is 5.26 Å². The first-order valence-electron chi connectivity index (χ1n) is 9.92. The van der Waals surface area contributed by atoms with Gasteiger partial charge >= 0.3 is 0 Å². The number of Topliss-reactive ketones (excluding diaryl/α,β-unsaturated/α-hetero) is 1. The summed E-state index contributed by atoms with van der Waals surface area (Å²) in [6.45, 7) is 3.88. The quantitative estimate of drug-likeness (QED) is 0.658. The molecule has 29 heavy (non-hydrogen) atoms. The Hall–Kier alpha value is -2.88. The Bertz CT molecular complexity index is 877. The molecule has 0 aromatic heterocycles. The first-order chi connectivity index (χ1) is 14.1. The summed E-state index contributed by atoms with van der Waals surface area (Å²) < 4.78 is 11.7. The van der Waals surface area contributed by atoms with Gasteiger partial charge < -0.3 is 14.6 Å². The van der Waals surface area contributed by atoms with Gasteiger partial charge in [-0.1, -0.05) is 31.2 Å². The normalized spacial score (nSPS) is 17.5. The second-order valence-corrected chi connectivity index (χ2v) is 7.13. The summed E-state index contributed by atoms with van der Waals surface area (Å²) in [5.41, 5.74) is 1.08. The standard InChI is InChI=1S/C23H26N2O4/c1-2-21(27)20-8-4-6-10-23(20)28-16-18(26)14-25-12-11-19(15-25)29-22-9-5-3-7-17(22)13-24/h3-10,18-19,26H,2,11-12,14-16H2,1H3. The van der Waals surface area contributed by atoms with Gasteiger partial charge in [-0.05, 0) is 30.7 Å². The number of carbonyl (C=O) groups excluding carboxylic acids is 1. The average molecular weight is 394 g/mol. The Labute approximate surface area is 171 Å². The first kappa shape index (κ1) is 20.8. The van der Waals surface area contributed by atoms with E-state index in [1.54, 1.807) is 30.3 Å². The maximum Gasteiger partial charge on any atom is 0.166 e. The fourth-order valence-corrected chi connectivity index (χ4v) is 3.45. The van der Waals surface area contributed by atoms with Crippen molar-refractivity contribution in [2.24, 2.45) is 0 Å². The van der Waals surface area contributed by atoms with Gasteiger partial charge in [0.1, 0.15) is 36.4 Å². The average Bonchev–Trinajstić information content (AvgIpc) is 3.19. The molecule has 1 aliphatic rings. The lowest BCUT2D eigenvalue weighted by Crippen LogP contribution is -2.35. The molecule has 0 radical (unpaired) electrons. The lowest BCUT2D eigenvalue weighted by molar-refractivity contribution is 0.0710. The van der Waals surface area contributed by atoms with Gasteiger partial charge in [0.05, 0.1) is 11.1 Å². The third-order valence-electron chi connectivity index (χ3n) is 4.94. The van der Waals surface area contributed by atoms with E-state index in [-0.39, 0.29) is 18.5 Å². The minimum atomic E-state index is -0.676. The third kappa shape index (κ3) is 5.57. The predicted molar refractivity (Wildman–Crippen MR) is 109 cm³/mol. The lowest BCUT2D eigenvalue weighted by Gasteiger charge is -2.21. The molecule has 1 heterocycles. The maximum absolute atomic E-state index is 12.0. The van der Waals surface area contributed by atoms with Crippen LogP contribution in [0.5, 0.6) is 11.5 Å². The molecule has 2 unspecified atom stereocenters. The topological polar surface area (TPSA) is 82.8 Å². The molecule has 0 saturated carbocycles. The van der Waals surface area contributed by atoms with Crippen molar-refractivity contribution in [1.29, 1.82) is 5.26 Å². The lowest BCUT2D eigenvalue weighted by atomic mass is 10.1. The van der Waals surface area contributed by atoms with E-state index in [0.717, 1.165) is 13.0 Å². The van der Waals surface area contributed by atoms with Gasteiger partial charge in [-0.25, -0.2) is 0 Å². The summed E-state index contributed by atoms with van der Waals surface area (Å²) in [6.07, 6.45) is 0.555. The van der Waals surface area contributed by atoms with Crippen molar-refractivity contribution < 1.29 is 19.4 Å². The molecule has 1 N–H and O–H groups in total. The van der Waals surface area contributed by atoms with Crippen LogP contribution < -0.4 is 9.47 Å². The molecule has 152 valence electrons. The SMILES string of the molecule is CCC(=O)c1ccccc1OCC(O)CN1CCC(Oc2ccccc2C#N)C1. The van der Waals surface area contributed by atoms with E-state index in [1.807, 2.05) is 25.1 Å². The number of ketones is 1. The van der Waals surface area contributed by atoms with Crippen molar-refractivity contribution in [3.05, 3.63) is 59.7 Å². The van der Waals surface area contributed by atoms with Crippen molar-refractivity contribution in [2.45, 2.75) is 32.0 Å². The summed E-state index contributed by atoms with van der Waals surface area (Å²) in [7, 11) is 0. The van der Waals surface area contributed by atoms with Gasteiger partial charge in [0.25, 0.3) is 0 Å². The summed E-state index contributed by atoms with van der Waals surface area (Å²) in [6, 6.07) is 16.5. The van der Waals surface area contributed by atoms with Crippen LogP contribution in [0.3, 0.4) is 0 Å². The van der Waals surface area contributed by atoms with Crippen LogP contribution >= 0.6 is 0 Å². The number of hydrogen-bond acceptors (Lipinski definition) is 6. The zero-order valence-corrected chi connectivity index (χ0v) is 16.6. The highest BCUT2D eigenvalue weighted by Crippen LogP contribution is 2.23. The molecule has 1 aliphatic heterocycles. The molecular weight excluding hydrogens is 368 g/mol. The number of ether oxygens (including phenoxy) is 2. The molecular formula is C23H26N2O4. The van der Waals surface area contributed by atoms with Gasteiger partial charge in [0, 0.05) is 26.1 Å². The number of hydrogen-bond donors (Lipinski definition) is 1. The van der Waals surface area contributed by atoms with Crippen LogP contribution in [0.15, 0.2) is 48.5 Å². The number of aliphatic hydroxyl groups is 1. The number of nitriles is 1. The number of likely N-dealkylation sites (tertiary alicyclic amines) is 1. The Balaban J connectivity index is 1.48. The van der Waals surface area contributed by atoms with E-state index < -0.39 is 6.10 Å². The molecule has 0 amide bonds. The molecule has 0 bridgehead atoms. The van der Waals surface area contributed by atoms with Crippen LogP contribution in [0, 0.1) is 11.3 Å². The molecule has 2 aromatic rings. The second kappa shape index (κ2) is 10.1. The van der Waals surface area contributed by atoms with Gasteiger partial charge in [-0.3, -0.25) is 9.69 Å². The van der Waals surface area contributed by atoms with Crippen LogP contribution in [0.25, 0.3) is 0 Å². The minimum Gasteiger partial charge on any atom is -0.490 e. The van der Waals surface area contributed by atoms with Crippen molar-refractivity contribution in [2.75, 3.05) is 26.2 Å². The third-order valence-corrected chi connectivity index (χ3v) is 4.94. The molecule has 0 spiro atoms. The number of β-amino-alcohol motifs (C(OH)–C–C–N with tert-alkyl or cyclic N) is 1. The van der Waals surface area contributed by atoms with Crippen molar-refractivity contribution >= 4 is 5.78 Å². The van der Waals surface area contributed by atoms with E-state index in [1.165, 1.54) is 0 Å². The molecule has 0 aliphatic carbocycles. The highest BCUT2D eigenvalue weighted by molar-refractivity contribution is 5.98. The number of para-hydroxylation sites is 2. The number of aliphatic hydroxyl groups excluding tert-OH is 1. The van der Waals surface area contributed by atoms with E-state index in [0.29, 0.717) is 42.1 Å². The molecule has 6 heteroatoms. The van der Waals surface area contributed by atoms with E-state index in [4.69, 9.17) is 9.47 Å². The number of benzene rings is 2. The van der Waals surface area contributed by atoms with Crippen LogP contribution in [-0.2, 0) is 0 Å². The largest absolute Gasteiger partial charge is 0.490 e. The van der Waals surface area contributed by atoms with E-state index in [2.05, 4.69) is 11.0 Å². The molecule has 3 rings (SSSR count). The van der Waals surface area contributed by atoms with Crippen LogP contribution in [0.4, 0.5) is 0 Å². The Morgan fingerprint density at radius 2 is 1.97 bits per heavy atom. The van der Waals surface area contributed by atoms with Gasteiger partial charge in [-0.15, -0.1) is 0 Å². The Morgan fingerprint density at radius 1 is 1.24 bits per heavy atom. The van der Waals surface area contributed by atoms with Gasteiger partial charge in [0.15, 0.2) is 5.78 Å². The predicted octanol–water partition coefficient (Wildman–Crippen LogP) is 3.04. The number of nitrogens with zero attached hydrogens (tertiary/aromatic N) is 2. The fourth-order valence-electron chi connectivity index (χ4n) is 3.45. The zero-order valence-electron chi connectivity index (χ0n) is 16.6. The zero-order chi connectivity index (χ0) is 20.6. The number of carbonyl (C=O) groups is 1. The Kier molecular flexibility index (Phi) is 7.23. The van der Waals surface area contributed by atoms with Crippen molar-refractivity contribution in [3.63, 3.8) is 0 Å². The van der Waals surface area contributed by atoms with Crippen molar-refractivity contribution in [3.8, 4) is 17.6 Å². The van der Waals surface area contributed by atoms with Gasteiger partial charge in [0.2, 0.25) is 0 Å². The highest BCUT2D eigenvalue weighted by atomic mass is 16.5. The number of rotatable bonds is 9. The molecule has 1 saturated heterocycles. The van der Waals surface area contributed by atoms with Crippen LogP contribution in [0.2, 0.25) is 0 Å². The highest BCUT2D eigenvalue weighted by Gasteiger charge is 2.26. The summed E-state index contributed by atoms with van der Waals surface area (Å²) in [5.74, 6) is 1.13. The van der Waals surface area contributed by atoms with E-state index in [9.17, 15) is 15.2 Å². The Morgan fingerprint density at radius 3 is 2.72 bits per heavy atom. The summed E-state index contributed by atoms with van der Waals surface area (Å²) in [4.78, 5) is 14.1. The monoisotopic (exact) mass is 394 g/mol. The molecule has 6 nitrogen and oxygen atoms in total. The fraction of sp³-hybridized carbons (Fsp3) is 0.391. The van der Waals surface area contributed by atoms with Crippen molar-refractivity contribution in [1.82, 2.24) is 4.90 Å².